The van der Waals surface area contributed by atoms with Crippen molar-refractivity contribution < 1.29 is 9.47 Å². The second kappa shape index (κ2) is 2.84. The first-order chi connectivity index (χ1) is 4.64. The molecule has 3 N–H and O–H groups in total. The van der Waals surface area contributed by atoms with Gasteiger partial charge in [-0.3, -0.25) is 11.3 Å². The van der Waals surface area contributed by atoms with Crippen molar-refractivity contribution in [1.29, 1.82) is 0 Å². The molecule has 4 heteroatoms. The summed E-state index contributed by atoms with van der Waals surface area (Å²) in [5.74, 6) is 4.68. The molecule has 1 saturated heterocycles. The van der Waals surface area contributed by atoms with Gasteiger partial charge in [0.25, 0.3) is 0 Å². The minimum Gasteiger partial charge on any atom is -0.348 e. The van der Waals surface area contributed by atoms with E-state index in [0.717, 1.165) is 0 Å². The summed E-state index contributed by atoms with van der Waals surface area (Å²) in [4.78, 5) is 0. The third-order valence-corrected chi connectivity index (χ3v) is 1.41. The number of rotatable bonds is 2. The maximum absolute atomic E-state index is 5.42. The van der Waals surface area contributed by atoms with Crippen LogP contribution >= 0.6 is 0 Å². The predicted octanol–water partition coefficient (Wildman–Crippen LogP) is -0.399. The van der Waals surface area contributed by atoms with Gasteiger partial charge in [-0.2, -0.15) is 0 Å². The Morgan fingerprint density at radius 1 is 1.70 bits per heavy atom. The topological polar surface area (TPSA) is 56.5 Å². The van der Waals surface area contributed by atoms with Crippen molar-refractivity contribution in [2.24, 2.45) is 5.84 Å². The van der Waals surface area contributed by atoms with Crippen LogP contribution in [-0.2, 0) is 9.47 Å². The quantitative estimate of drug-likeness (QED) is 0.411. The first-order valence-corrected chi connectivity index (χ1v) is 3.39. The molecular formula is C6H14N2O2. The van der Waals surface area contributed by atoms with Crippen LogP contribution in [-0.4, -0.2) is 25.0 Å². The van der Waals surface area contributed by atoms with E-state index in [1.807, 2.05) is 13.8 Å². The maximum Gasteiger partial charge on any atom is 0.163 e. The van der Waals surface area contributed by atoms with E-state index in [0.29, 0.717) is 13.2 Å². The van der Waals surface area contributed by atoms with Crippen molar-refractivity contribution in [2.75, 3.05) is 13.2 Å². The van der Waals surface area contributed by atoms with Crippen LogP contribution in [0, 0.1) is 0 Å². The van der Waals surface area contributed by atoms with Crippen LogP contribution in [0.5, 0.6) is 0 Å². The summed E-state index contributed by atoms with van der Waals surface area (Å²) in [6.07, 6.45) is 0.0972. The fraction of sp³-hybridized carbons (Fsp3) is 1.00. The number of ether oxygens (including phenoxy) is 2. The Kier molecular flexibility index (Phi) is 2.25. The maximum atomic E-state index is 5.42. The lowest BCUT2D eigenvalue weighted by atomic mass is 10.4. The fourth-order valence-corrected chi connectivity index (χ4v) is 0.995. The Hall–Kier alpha value is -0.160. The molecule has 10 heavy (non-hydrogen) atoms. The van der Waals surface area contributed by atoms with E-state index in [9.17, 15) is 0 Å². The highest BCUT2D eigenvalue weighted by Gasteiger charge is 2.31. The van der Waals surface area contributed by atoms with E-state index in [1.165, 1.54) is 0 Å². The molecule has 0 aromatic carbocycles. The SMILES string of the molecule is CC1(C)OC[C@@H](CNN)O1. The molecule has 1 rings (SSSR count). The van der Waals surface area contributed by atoms with E-state index < -0.39 is 5.79 Å². The first-order valence-electron chi connectivity index (χ1n) is 3.39. The Labute approximate surface area is 60.6 Å². The van der Waals surface area contributed by atoms with Crippen LogP contribution in [0.15, 0.2) is 0 Å². The average molecular weight is 146 g/mol. The van der Waals surface area contributed by atoms with E-state index in [4.69, 9.17) is 15.3 Å². The van der Waals surface area contributed by atoms with E-state index in [1.54, 1.807) is 0 Å². The van der Waals surface area contributed by atoms with Crippen molar-refractivity contribution in [3.05, 3.63) is 0 Å². The minimum absolute atomic E-state index is 0.0972. The molecule has 0 saturated carbocycles. The van der Waals surface area contributed by atoms with Gasteiger partial charge < -0.3 is 9.47 Å². The lowest BCUT2D eigenvalue weighted by molar-refractivity contribution is -0.137. The molecule has 0 aromatic heterocycles. The molecule has 0 aliphatic carbocycles. The summed E-state index contributed by atoms with van der Waals surface area (Å²) in [5.41, 5.74) is 2.54. The molecule has 0 bridgehead atoms. The van der Waals surface area contributed by atoms with Gasteiger partial charge in [-0.1, -0.05) is 0 Å². The normalized spacial score (nSPS) is 30.9. The highest BCUT2D eigenvalue weighted by Crippen LogP contribution is 2.21. The smallest absolute Gasteiger partial charge is 0.163 e. The van der Waals surface area contributed by atoms with Gasteiger partial charge in [0.15, 0.2) is 5.79 Å². The van der Waals surface area contributed by atoms with E-state index in [2.05, 4.69) is 5.43 Å². The van der Waals surface area contributed by atoms with Gasteiger partial charge in [-0.05, 0) is 13.8 Å². The lowest BCUT2D eigenvalue weighted by Crippen LogP contribution is -2.34. The van der Waals surface area contributed by atoms with Gasteiger partial charge >= 0.3 is 0 Å². The Morgan fingerprint density at radius 3 is 2.80 bits per heavy atom. The van der Waals surface area contributed by atoms with Crippen LogP contribution in [0.25, 0.3) is 0 Å². The molecule has 0 unspecified atom stereocenters. The van der Waals surface area contributed by atoms with Crippen LogP contribution in [0.1, 0.15) is 13.8 Å². The van der Waals surface area contributed by atoms with Crippen LogP contribution < -0.4 is 11.3 Å². The lowest BCUT2D eigenvalue weighted by Gasteiger charge is -2.16. The number of hydrogen-bond donors (Lipinski definition) is 2. The largest absolute Gasteiger partial charge is 0.348 e. The number of hydrazine groups is 1. The number of nitrogens with two attached hydrogens (primary N) is 1. The predicted molar refractivity (Wildman–Crippen MR) is 37.1 cm³/mol. The van der Waals surface area contributed by atoms with Gasteiger partial charge in [-0.15, -0.1) is 0 Å². The summed E-state index contributed by atoms with van der Waals surface area (Å²) in [7, 11) is 0. The summed E-state index contributed by atoms with van der Waals surface area (Å²) in [6, 6.07) is 0. The molecule has 0 aromatic rings. The fourth-order valence-electron chi connectivity index (χ4n) is 0.995. The Balaban J connectivity index is 2.29. The highest BCUT2D eigenvalue weighted by molar-refractivity contribution is 4.71. The first kappa shape index (κ1) is 7.94. The van der Waals surface area contributed by atoms with Crippen molar-refractivity contribution >= 4 is 0 Å². The molecule has 1 fully saturated rings. The van der Waals surface area contributed by atoms with Gasteiger partial charge in [0, 0.05) is 6.54 Å². The van der Waals surface area contributed by atoms with Crippen molar-refractivity contribution in [3.8, 4) is 0 Å². The zero-order valence-electron chi connectivity index (χ0n) is 6.39. The summed E-state index contributed by atoms with van der Waals surface area (Å²) >= 11 is 0. The summed E-state index contributed by atoms with van der Waals surface area (Å²) in [6.45, 7) is 5.05. The Bertz CT molecular complexity index is 116. The molecule has 0 amide bonds. The second-order valence-corrected chi connectivity index (χ2v) is 2.86. The van der Waals surface area contributed by atoms with Crippen molar-refractivity contribution in [3.63, 3.8) is 0 Å². The highest BCUT2D eigenvalue weighted by atomic mass is 16.7. The average Bonchev–Trinajstić information content (AvgIpc) is 2.12. The van der Waals surface area contributed by atoms with Gasteiger partial charge in [-0.25, -0.2) is 0 Å². The van der Waals surface area contributed by atoms with Gasteiger partial charge in [0.2, 0.25) is 0 Å². The second-order valence-electron chi connectivity index (χ2n) is 2.86. The summed E-state index contributed by atoms with van der Waals surface area (Å²) in [5, 5.41) is 0. The van der Waals surface area contributed by atoms with Crippen LogP contribution in [0.3, 0.4) is 0 Å². The monoisotopic (exact) mass is 146 g/mol. The molecular weight excluding hydrogens is 132 g/mol. The molecule has 1 aliphatic heterocycles. The number of hydrogen-bond acceptors (Lipinski definition) is 4. The van der Waals surface area contributed by atoms with Crippen molar-refractivity contribution in [2.45, 2.75) is 25.7 Å². The van der Waals surface area contributed by atoms with Gasteiger partial charge in [0.05, 0.1) is 12.7 Å². The molecule has 60 valence electrons. The molecule has 1 heterocycles. The minimum atomic E-state index is -0.429. The Morgan fingerprint density at radius 2 is 2.40 bits per heavy atom. The zero-order chi connectivity index (χ0) is 7.61. The third kappa shape index (κ3) is 1.91. The molecule has 0 spiro atoms. The van der Waals surface area contributed by atoms with Crippen LogP contribution in [0.2, 0.25) is 0 Å². The molecule has 4 nitrogen and oxygen atoms in total. The van der Waals surface area contributed by atoms with Crippen LogP contribution in [0.4, 0.5) is 0 Å². The van der Waals surface area contributed by atoms with E-state index in [-0.39, 0.29) is 6.10 Å². The van der Waals surface area contributed by atoms with Gasteiger partial charge in [0.1, 0.15) is 0 Å². The zero-order valence-corrected chi connectivity index (χ0v) is 6.39. The number of nitrogens with one attached hydrogen (secondary N) is 1. The molecule has 1 atom stereocenters. The summed E-state index contributed by atoms with van der Waals surface area (Å²) < 4.78 is 10.7. The van der Waals surface area contributed by atoms with E-state index >= 15 is 0 Å². The molecule has 1 aliphatic rings. The van der Waals surface area contributed by atoms with Crippen molar-refractivity contribution in [1.82, 2.24) is 5.43 Å². The standard InChI is InChI=1S/C6H14N2O2/c1-6(2)9-4-5(10-6)3-8-7/h5,8H,3-4,7H2,1-2H3/t5-/m1/s1. The molecule has 0 radical (unpaired) electrons. The third-order valence-electron chi connectivity index (χ3n) is 1.41.